The number of nitro benzene ring substituents is 1. The van der Waals surface area contributed by atoms with Gasteiger partial charge in [0.15, 0.2) is 0 Å². The third-order valence-corrected chi connectivity index (χ3v) is 5.62. The molecule has 0 aliphatic carbocycles. The number of rotatable bonds is 6. The lowest BCUT2D eigenvalue weighted by Crippen LogP contribution is -2.46. The van der Waals surface area contributed by atoms with Gasteiger partial charge in [0, 0.05) is 51.4 Å². The normalized spacial score (nSPS) is 15.1. The monoisotopic (exact) mass is 414 g/mol. The Hall–Kier alpha value is -0.970. The van der Waals surface area contributed by atoms with Crippen molar-refractivity contribution in [2.75, 3.05) is 39.3 Å². The molecule has 0 saturated carbocycles. The second-order valence-electron chi connectivity index (χ2n) is 5.66. The molecule has 1 saturated heterocycles. The number of non-ortho nitro benzene ring substituents is 1. The van der Waals surface area contributed by atoms with Crippen molar-refractivity contribution in [3.8, 4) is 0 Å². The first-order valence-corrected chi connectivity index (χ1v) is 8.98. The van der Waals surface area contributed by atoms with E-state index in [0.717, 1.165) is 26.2 Å². The summed E-state index contributed by atoms with van der Waals surface area (Å²) < 4.78 is 27.6. The number of nitro groups is 1. The minimum Gasteiger partial charge on any atom is -0.314 e. The SMILES string of the molecule is Cc1cc([N+](=O)[O-])cc(C)c1S(=O)(=O)NCCN1CCNCC1.Cl.Cl. The van der Waals surface area contributed by atoms with Gasteiger partial charge in [-0.25, -0.2) is 13.1 Å². The summed E-state index contributed by atoms with van der Waals surface area (Å²) in [6.07, 6.45) is 0. The minimum absolute atomic E-state index is 0. The molecule has 0 atom stereocenters. The molecule has 144 valence electrons. The van der Waals surface area contributed by atoms with Crippen molar-refractivity contribution in [3.63, 3.8) is 0 Å². The van der Waals surface area contributed by atoms with Crippen molar-refractivity contribution in [2.45, 2.75) is 18.7 Å². The van der Waals surface area contributed by atoms with Gasteiger partial charge in [-0.15, -0.1) is 24.8 Å². The van der Waals surface area contributed by atoms with Crippen LogP contribution in [0.5, 0.6) is 0 Å². The number of sulfonamides is 1. The Labute approximate surface area is 160 Å². The van der Waals surface area contributed by atoms with E-state index in [9.17, 15) is 18.5 Å². The Balaban J connectivity index is 0.00000288. The number of piperazine rings is 1. The van der Waals surface area contributed by atoms with E-state index in [4.69, 9.17) is 0 Å². The number of hydrogen-bond acceptors (Lipinski definition) is 6. The van der Waals surface area contributed by atoms with Crippen LogP contribution in [-0.2, 0) is 10.0 Å². The fourth-order valence-electron chi connectivity index (χ4n) is 2.80. The largest absolute Gasteiger partial charge is 0.314 e. The van der Waals surface area contributed by atoms with Crippen LogP contribution in [0.3, 0.4) is 0 Å². The number of halogens is 2. The second-order valence-corrected chi connectivity index (χ2v) is 7.36. The predicted octanol–water partition coefficient (Wildman–Crippen LogP) is 1.24. The molecule has 0 radical (unpaired) electrons. The summed E-state index contributed by atoms with van der Waals surface area (Å²) in [5.74, 6) is 0. The standard InChI is InChI=1S/C14H22N4O4S.2ClH/c1-11-9-13(18(19)20)10-12(2)14(11)23(21,22)16-5-8-17-6-3-15-4-7-17;;/h9-10,15-16H,3-8H2,1-2H3;2*1H. The maximum absolute atomic E-state index is 12.5. The summed E-state index contributed by atoms with van der Waals surface area (Å²) in [4.78, 5) is 12.6. The first-order chi connectivity index (χ1) is 10.8. The summed E-state index contributed by atoms with van der Waals surface area (Å²) in [5, 5.41) is 14.1. The van der Waals surface area contributed by atoms with E-state index < -0.39 is 14.9 Å². The maximum Gasteiger partial charge on any atom is 0.270 e. The Bertz CT molecular complexity index is 671. The van der Waals surface area contributed by atoms with Gasteiger partial charge >= 0.3 is 0 Å². The van der Waals surface area contributed by atoms with Crippen molar-refractivity contribution in [1.82, 2.24) is 14.9 Å². The quantitative estimate of drug-likeness (QED) is 0.535. The predicted molar refractivity (Wildman–Crippen MR) is 102 cm³/mol. The highest BCUT2D eigenvalue weighted by molar-refractivity contribution is 7.89. The molecule has 1 fully saturated rings. The number of aryl methyl sites for hydroxylation is 2. The highest BCUT2D eigenvalue weighted by Gasteiger charge is 2.22. The molecule has 11 heteroatoms. The van der Waals surface area contributed by atoms with E-state index in [1.807, 2.05) is 0 Å². The highest BCUT2D eigenvalue weighted by Crippen LogP contribution is 2.25. The van der Waals surface area contributed by atoms with Gasteiger partial charge in [0.05, 0.1) is 9.82 Å². The summed E-state index contributed by atoms with van der Waals surface area (Å²) in [5.41, 5.74) is 0.664. The smallest absolute Gasteiger partial charge is 0.270 e. The third kappa shape index (κ3) is 6.36. The Morgan fingerprint density at radius 2 is 1.72 bits per heavy atom. The van der Waals surface area contributed by atoms with Gasteiger partial charge in [-0.3, -0.25) is 15.0 Å². The van der Waals surface area contributed by atoms with Gasteiger partial charge in [0.2, 0.25) is 10.0 Å². The van der Waals surface area contributed by atoms with Crippen molar-refractivity contribution < 1.29 is 13.3 Å². The fourth-order valence-corrected chi connectivity index (χ4v) is 4.27. The summed E-state index contributed by atoms with van der Waals surface area (Å²) in [6.45, 7) is 7.73. The van der Waals surface area contributed by atoms with Crippen molar-refractivity contribution in [3.05, 3.63) is 33.4 Å². The van der Waals surface area contributed by atoms with Crippen LogP contribution in [-0.4, -0.2) is 57.5 Å². The Kier molecular flexibility index (Phi) is 9.85. The lowest BCUT2D eigenvalue weighted by Gasteiger charge is -2.27. The van der Waals surface area contributed by atoms with Gasteiger partial charge in [-0.2, -0.15) is 0 Å². The van der Waals surface area contributed by atoms with Crippen LogP contribution < -0.4 is 10.0 Å². The number of nitrogens with zero attached hydrogens (tertiary/aromatic N) is 2. The Morgan fingerprint density at radius 3 is 2.20 bits per heavy atom. The van der Waals surface area contributed by atoms with Crippen LogP contribution in [0.2, 0.25) is 0 Å². The number of hydrogen-bond donors (Lipinski definition) is 2. The second kappa shape index (κ2) is 10.2. The lowest BCUT2D eigenvalue weighted by molar-refractivity contribution is -0.385. The van der Waals surface area contributed by atoms with Gasteiger partial charge in [-0.1, -0.05) is 0 Å². The van der Waals surface area contributed by atoms with Crippen LogP contribution in [0.4, 0.5) is 5.69 Å². The molecule has 1 aliphatic heterocycles. The van der Waals surface area contributed by atoms with Crippen LogP contribution in [0, 0.1) is 24.0 Å². The van der Waals surface area contributed by atoms with E-state index in [1.165, 1.54) is 12.1 Å². The molecule has 1 aromatic carbocycles. The minimum atomic E-state index is -3.68. The van der Waals surface area contributed by atoms with Crippen LogP contribution >= 0.6 is 24.8 Å². The molecular weight excluding hydrogens is 391 g/mol. The van der Waals surface area contributed by atoms with Crippen LogP contribution in [0.15, 0.2) is 17.0 Å². The molecular formula is C14H24Cl2N4O4S. The number of nitrogens with one attached hydrogen (secondary N) is 2. The van der Waals surface area contributed by atoms with E-state index >= 15 is 0 Å². The zero-order chi connectivity index (χ0) is 17.0. The van der Waals surface area contributed by atoms with E-state index in [2.05, 4.69) is 14.9 Å². The summed E-state index contributed by atoms with van der Waals surface area (Å²) in [6, 6.07) is 2.58. The molecule has 0 unspecified atom stereocenters. The third-order valence-electron chi connectivity index (χ3n) is 3.85. The zero-order valence-electron chi connectivity index (χ0n) is 14.1. The van der Waals surface area contributed by atoms with Crippen LogP contribution in [0.1, 0.15) is 11.1 Å². The van der Waals surface area contributed by atoms with E-state index in [0.29, 0.717) is 24.2 Å². The average Bonchev–Trinajstić information content (AvgIpc) is 2.47. The van der Waals surface area contributed by atoms with Crippen molar-refractivity contribution in [1.29, 1.82) is 0 Å². The van der Waals surface area contributed by atoms with E-state index in [-0.39, 0.29) is 35.4 Å². The molecule has 0 aromatic heterocycles. The summed E-state index contributed by atoms with van der Waals surface area (Å²) >= 11 is 0. The first-order valence-electron chi connectivity index (χ1n) is 7.49. The average molecular weight is 415 g/mol. The van der Waals surface area contributed by atoms with Gasteiger partial charge in [0.25, 0.3) is 5.69 Å². The Morgan fingerprint density at radius 1 is 1.20 bits per heavy atom. The lowest BCUT2D eigenvalue weighted by atomic mass is 10.1. The number of benzene rings is 1. The molecule has 25 heavy (non-hydrogen) atoms. The highest BCUT2D eigenvalue weighted by atomic mass is 35.5. The molecule has 2 rings (SSSR count). The summed E-state index contributed by atoms with van der Waals surface area (Å²) in [7, 11) is -3.68. The van der Waals surface area contributed by atoms with Crippen molar-refractivity contribution in [2.24, 2.45) is 0 Å². The molecule has 0 spiro atoms. The topological polar surface area (TPSA) is 105 Å². The molecule has 0 bridgehead atoms. The maximum atomic E-state index is 12.5. The molecule has 1 aromatic rings. The molecule has 0 amide bonds. The molecule has 2 N–H and O–H groups in total. The fraction of sp³-hybridized carbons (Fsp3) is 0.571. The van der Waals surface area contributed by atoms with Crippen molar-refractivity contribution >= 4 is 40.5 Å². The molecule has 1 heterocycles. The van der Waals surface area contributed by atoms with Gasteiger partial charge in [0.1, 0.15) is 0 Å². The van der Waals surface area contributed by atoms with Gasteiger partial charge in [-0.05, 0) is 25.0 Å². The molecule has 1 aliphatic rings. The van der Waals surface area contributed by atoms with Crippen LogP contribution in [0.25, 0.3) is 0 Å². The van der Waals surface area contributed by atoms with Gasteiger partial charge < -0.3 is 5.32 Å². The zero-order valence-corrected chi connectivity index (χ0v) is 16.6. The molecule has 8 nitrogen and oxygen atoms in total. The van der Waals surface area contributed by atoms with E-state index in [1.54, 1.807) is 13.8 Å². The first kappa shape index (κ1) is 24.0.